The highest BCUT2D eigenvalue weighted by Gasteiger charge is 2.33. The summed E-state index contributed by atoms with van der Waals surface area (Å²) in [5, 5.41) is 3.14. The van der Waals surface area contributed by atoms with Crippen LogP contribution in [0.3, 0.4) is 0 Å². The number of carbonyl (C=O) groups excluding carboxylic acids is 2. The number of methoxy groups -OCH3 is 1. The SMILES string of the molecule is CC[C@H](C(=O)NC(C)(C)C)N(Cc1ccccc1)C(=O)CN(c1ccc(OC)c(Cl)c1)S(C)(=O)=O. The number of carbonyl (C=O) groups is 2. The molecular formula is C25H34ClN3O5S. The lowest BCUT2D eigenvalue weighted by molar-refractivity contribution is -0.141. The monoisotopic (exact) mass is 523 g/mol. The van der Waals surface area contributed by atoms with Crippen molar-refractivity contribution in [3.8, 4) is 5.75 Å². The Hall–Kier alpha value is -2.78. The largest absolute Gasteiger partial charge is 0.495 e. The smallest absolute Gasteiger partial charge is 0.244 e. The van der Waals surface area contributed by atoms with Crippen molar-refractivity contribution in [2.24, 2.45) is 0 Å². The van der Waals surface area contributed by atoms with Gasteiger partial charge in [0.15, 0.2) is 0 Å². The summed E-state index contributed by atoms with van der Waals surface area (Å²) in [6.45, 7) is 7.06. The third-order valence-corrected chi connectivity index (χ3v) is 6.62. The molecule has 192 valence electrons. The lowest BCUT2D eigenvalue weighted by Gasteiger charge is -2.34. The summed E-state index contributed by atoms with van der Waals surface area (Å²) >= 11 is 6.21. The molecule has 10 heteroatoms. The Balaban J connectivity index is 2.46. The second-order valence-corrected chi connectivity index (χ2v) is 11.6. The van der Waals surface area contributed by atoms with E-state index in [1.165, 1.54) is 30.2 Å². The lowest BCUT2D eigenvalue weighted by Crippen LogP contribution is -2.55. The fourth-order valence-electron chi connectivity index (χ4n) is 3.58. The first kappa shape index (κ1) is 28.5. The molecular weight excluding hydrogens is 490 g/mol. The van der Waals surface area contributed by atoms with E-state index >= 15 is 0 Å². The maximum atomic E-state index is 13.6. The Morgan fingerprint density at radius 3 is 2.23 bits per heavy atom. The second kappa shape index (κ2) is 11.8. The molecule has 0 aliphatic carbocycles. The number of sulfonamides is 1. The number of anilines is 1. The highest BCUT2D eigenvalue weighted by molar-refractivity contribution is 7.92. The topological polar surface area (TPSA) is 96.0 Å². The number of hydrogen-bond acceptors (Lipinski definition) is 5. The van der Waals surface area contributed by atoms with Gasteiger partial charge in [0.2, 0.25) is 21.8 Å². The van der Waals surface area contributed by atoms with Crippen molar-refractivity contribution in [3.63, 3.8) is 0 Å². The van der Waals surface area contributed by atoms with Crippen LogP contribution >= 0.6 is 11.6 Å². The van der Waals surface area contributed by atoms with Gasteiger partial charge in [0.1, 0.15) is 18.3 Å². The maximum absolute atomic E-state index is 13.6. The Morgan fingerprint density at radius 2 is 1.74 bits per heavy atom. The van der Waals surface area contributed by atoms with Crippen LogP contribution in [0, 0.1) is 0 Å². The summed E-state index contributed by atoms with van der Waals surface area (Å²) in [5.74, 6) is -0.435. The van der Waals surface area contributed by atoms with Crippen LogP contribution in [-0.4, -0.2) is 56.6 Å². The number of nitrogens with zero attached hydrogens (tertiary/aromatic N) is 2. The molecule has 2 amide bonds. The molecule has 0 unspecified atom stereocenters. The maximum Gasteiger partial charge on any atom is 0.244 e. The summed E-state index contributed by atoms with van der Waals surface area (Å²) in [6, 6.07) is 12.9. The molecule has 0 radical (unpaired) electrons. The molecule has 2 aromatic rings. The number of hydrogen-bond donors (Lipinski definition) is 1. The third kappa shape index (κ3) is 8.14. The zero-order valence-corrected chi connectivity index (χ0v) is 22.6. The van der Waals surface area contributed by atoms with Crippen molar-refractivity contribution in [3.05, 3.63) is 59.1 Å². The van der Waals surface area contributed by atoms with Crippen molar-refractivity contribution in [1.82, 2.24) is 10.2 Å². The Bertz CT molecular complexity index is 1130. The summed E-state index contributed by atoms with van der Waals surface area (Å²) in [6.07, 6.45) is 1.37. The number of halogens is 1. The van der Waals surface area contributed by atoms with Gasteiger partial charge in [-0.05, 0) is 51.0 Å². The molecule has 0 fully saturated rings. The van der Waals surface area contributed by atoms with E-state index in [4.69, 9.17) is 16.3 Å². The van der Waals surface area contributed by atoms with Crippen LogP contribution in [0.5, 0.6) is 5.75 Å². The third-order valence-electron chi connectivity index (χ3n) is 5.18. The van der Waals surface area contributed by atoms with E-state index < -0.39 is 34.1 Å². The van der Waals surface area contributed by atoms with Crippen LogP contribution in [0.25, 0.3) is 0 Å². The first-order valence-corrected chi connectivity index (χ1v) is 13.5. The molecule has 0 saturated heterocycles. The minimum atomic E-state index is -3.85. The van der Waals surface area contributed by atoms with E-state index in [9.17, 15) is 18.0 Å². The molecule has 1 N–H and O–H groups in total. The van der Waals surface area contributed by atoms with Gasteiger partial charge < -0.3 is 15.0 Å². The zero-order chi connectivity index (χ0) is 26.4. The summed E-state index contributed by atoms with van der Waals surface area (Å²) < 4.78 is 31.5. The molecule has 0 aromatic heterocycles. The second-order valence-electron chi connectivity index (χ2n) is 9.26. The Morgan fingerprint density at radius 1 is 1.11 bits per heavy atom. The van der Waals surface area contributed by atoms with Gasteiger partial charge in [0, 0.05) is 12.1 Å². The van der Waals surface area contributed by atoms with Crippen LogP contribution < -0.4 is 14.4 Å². The first-order valence-electron chi connectivity index (χ1n) is 11.2. The van der Waals surface area contributed by atoms with Crippen LogP contribution in [0.15, 0.2) is 48.5 Å². The van der Waals surface area contributed by atoms with Crippen LogP contribution in [0.1, 0.15) is 39.7 Å². The van der Waals surface area contributed by atoms with Gasteiger partial charge >= 0.3 is 0 Å². The number of ether oxygens (including phenoxy) is 1. The van der Waals surface area contributed by atoms with Gasteiger partial charge in [-0.15, -0.1) is 0 Å². The van der Waals surface area contributed by atoms with Crippen molar-refractivity contribution < 1.29 is 22.7 Å². The number of amides is 2. The van der Waals surface area contributed by atoms with Crippen molar-refractivity contribution in [2.45, 2.75) is 52.2 Å². The molecule has 1 atom stereocenters. The van der Waals surface area contributed by atoms with Crippen LogP contribution in [0.2, 0.25) is 5.02 Å². The molecule has 0 heterocycles. The highest BCUT2D eigenvalue weighted by atomic mass is 35.5. The van der Waals surface area contributed by atoms with Gasteiger partial charge in [-0.2, -0.15) is 0 Å². The fraction of sp³-hybridized carbons (Fsp3) is 0.440. The van der Waals surface area contributed by atoms with Gasteiger partial charge in [-0.1, -0.05) is 48.9 Å². The van der Waals surface area contributed by atoms with E-state index in [0.717, 1.165) is 16.1 Å². The average molecular weight is 524 g/mol. The van der Waals surface area contributed by atoms with Gasteiger partial charge in [0.25, 0.3) is 0 Å². The standard InChI is InChI=1S/C25H34ClN3O5S/c1-7-21(24(31)27-25(2,3)4)28(16-18-11-9-8-10-12-18)23(30)17-29(35(6,32)33)19-13-14-22(34-5)20(26)15-19/h8-15,21H,7,16-17H2,1-6H3,(H,27,31)/t21-/m1/s1. The average Bonchev–Trinajstić information content (AvgIpc) is 2.75. The minimum Gasteiger partial charge on any atom is -0.495 e. The lowest BCUT2D eigenvalue weighted by atomic mass is 10.1. The molecule has 35 heavy (non-hydrogen) atoms. The minimum absolute atomic E-state index is 0.150. The predicted octanol–water partition coefficient (Wildman–Crippen LogP) is 3.84. The normalized spacial score (nSPS) is 12.5. The van der Waals surface area contributed by atoms with E-state index in [1.54, 1.807) is 0 Å². The van der Waals surface area contributed by atoms with Gasteiger partial charge in [-0.3, -0.25) is 13.9 Å². The molecule has 0 saturated carbocycles. The highest BCUT2D eigenvalue weighted by Crippen LogP contribution is 2.30. The van der Waals surface area contributed by atoms with Crippen LogP contribution in [0.4, 0.5) is 5.69 Å². The van der Waals surface area contributed by atoms with Crippen molar-refractivity contribution in [2.75, 3.05) is 24.2 Å². The van der Waals surface area contributed by atoms with Gasteiger partial charge in [0.05, 0.1) is 24.1 Å². The van der Waals surface area contributed by atoms with Crippen molar-refractivity contribution in [1.29, 1.82) is 0 Å². The number of rotatable bonds is 10. The predicted molar refractivity (Wildman–Crippen MR) is 139 cm³/mol. The molecule has 2 aromatic carbocycles. The molecule has 8 nitrogen and oxygen atoms in total. The van der Waals surface area contributed by atoms with E-state index in [-0.39, 0.29) is 23.2 Å². The van der Waals surface area contributed by atoms with E-state index in [2.05, 4.69) is 5.32 Å². The van der Waals surface area contributed by atoms with Crippen LogP contribution in [-0.2, 0) is 26.2 Å². The Kier molecular flexibility index (Phi) is 9.57. The molecule has 2 rings (SSSR count). The van der Waals surface area contributed by atoms with Gasteiger partial charge in [-0.25, -0.2) is 8.42 Å². The summed E-state index contributed by atoms with van der Waals surface area (Å²) in [5.41, 5.74) is 0.546. The molecule has 0 aliphatic rings. The first-order chi connectivity index (χ1) is 16.3. The number of nitrogens with one attached hydrogen (secondary N) is 1. The Labute approximate surface area is 213 Å². The van der Waals surface area contributed by atoms with Crippen molar-refractivity contribution >= 4 is 39.1 Å². The summed E-state index contributed by atoms with van der Waals surface area (Å²) in [4.78, 5) is 28.2. The molecule has 0 bridgehead atoms. The number of benzene rings is 2. The molecule has 0 spiro atoms. The zero-order valence-electron chi connectivity index (χ0n) is 21.0. The van der Waals surface area contributed by atoms with E-state index in [1.807, 2.05) is 58.0 Å². The fourth-order valence-corrected chi connectivity index (χ4v) is 4.67. The summed E-state index contributed by atoms with van der Waals surface area (Å²) in [7, 11) is -2.40. The quantitative estimate of drug-likeness (QED) is 0.510. The van der Waals surface area contributed by atoms with E-state index in [0.29, 0.717) is 12.2 Å². The molecule has 0 aliphatic heterocycles.